The molecule has 1 unspecified atom stereocenters. The highest BCUT2D eigenvalue weighted by molar-refractivity contribution is 6.13. The Hall–Kier alpha value is -3.49. The molecule has 1 atom stereocenters. The minimum atomic E-state index is -1.84. The van der Waals surface area contributed by atoms with Gasteiger partial charge in [-0.3, -0.25) is 14.9 Å². The van der Waals surface area contributed by atoms with Gasteiger partial charge in [0, 0.05) is 16.7 Å². The van der Waals surface area contributed by atoms with E-state index in [0.29, 0.717) is 5.56 Å². The van der Waals surface area contributed by atoms with Crippen molar-refractivity contribution in [2.45, 2.75) is 12.0 Å². The zero-order chi connectivity index (χ0) is 19.5. The quantitative estimate of drug-likeness (QED) is 0.709. The summed E-state index contributed by atoms with van der Waals surface area (Å²) in [6, 6.07) is 3.74. The Morgan fingerprint density at radius 1 is 1.22 bits per heavy atom. The summed E-state index contributed by atoms with van der Waals surface area (Å²) in [5.41, 5.74) is -1.18. The molecule has 1 spiro atoms. The number of hydrogen-bond acceptors (Lipinski definition) is 4. The van der Waals surface area contributed by atoms with E-state index in [1.54, 1.807) is 0 Å². The van der Waals surface area contributed by atoms with Crippen LogP contribution < -0.4 is 15.4 Å². The number of imide groups is 1. The van der Waals surface area contributed by atoms with Gasteiger partial charge in [-0.2, -0.15) is 0 Å². The monoisotopic (exact) mass is 374 g/mol. The van der Waals surface area contributed by atoms with Crippen LogP contribution in [0.25, 0.3) is 11.1 Å². The van der Waals surface area contributed by atoms with Gasteiger partial charge in [0.05, 0.1) is 13.5 Å². The summed E-state index contributed by atoms with van der Waals surface area (Å²) >= 11 is 0. The number of aliphatic carboxylic acids is 1. The first-order valence-electron chi connectivity index (χ1n) is 7.85. The Bertz CT molecular complexity index is 1050. The van der Waals surface area contributed by atoms with Crippen molar-refractivity contribution in [3.05, 3.63) is 52.6 Å². The van der Waals surface area contributed by atoms with Gasteiger partial charge in [-0.25, -0.2) is 13.6 Å². The zero-order valence-corrected chi connectivity index (χ0v) is 13.9. The predicted molar refractivity (Wildman–Crippen MR) is 87.1 cm³/mol. The number of carboxylic acid groups (broad SMARTS) is 1. The number of rotatable bonds is 3. The first-order chi connectivity index (χ1) is 12.8. The van der Waals surface area contributed by atoms with Crippen LogP contribution in [0.5, 0.6) is 5.75 Å². The second-order valence-electron chi connectivity index (χ2n) is 6.21. The minimum absolute atomic E-state index is 0.00122. The zero-order valence-electron chi connectivity index (χ0n) is 13.9. The average molecular weight is 374 g/mol. The first kappa shape index (κ1) is 17.0. The van der Waals surface area contributed by atoms with Crippen LogP contribution in [0.2, 0.25) is 0 Å². The van der Waals surface area contributed by atoms with Crippen LogP contribution in [-0.4, -0.2) is 30.1 Å². The highest BCUT2D eigenvalue weighted by Gasteiger charge is 2.56. The van der Waals surface area contributed by atoms with E-state index in [1.807, 2.05) is 0 Å². The van der Waals surface area contributed by atoms with Gasteiger partial charge in [0.1, 0.15) is 5.82 Å². The third-order valence-electron chi connectivity index (χ3n) is 4.79. The number of carboxylic acids is 1. The van der Waals surface area contributed by atoms with E-state index >= 15 is 0 Å². The standard InChI is InChI=1S/C18H12F2N2O5/c1-27-15-9(5-13(23)24)14-8-3-2-7(19)4-10(8)18(11(14)6-12(15)20)16(25)21-17(26)22-18/h2-4,6H,5H2,1H3,(H,23,24)(H2,21,22,25,26). The molecule has 3 N–H and O–H groups in total. The van der Waals surface area contributed by atoms with Gasteiger partial charge in [-0.1, -0.05) is 6.07 Å². The Balaban J connectivity index is 2.15. The third-order valence-corrected chi connectivity index (χ3v) is 4.79. The number of halogens is 2. The molecule has 7 nitrogen and oxygen atoms in total. The molecule has 1 heterocycles. The Morgan fingerprint density at radius 3 is 2.56 bits per heavy atom. The van der Waals surface area contributed by atoms with Crippen molar-refractivity contribution < 1.29 is 33.0 Å². The Kier molecular flexibility index (Phi) is 3.45. The molecule has 1 saturated heterocycles. The molecule has 0 saturated carbocycles. The Morgan fingerprint density at radius 2 is 1.96 bits per heavy atom. The van der Waals surface area contributed by atoms with Crippen LogP contribution in [0.15, 0.2) is 24.3 Å². The normalized spacial score (nSPS) is 19.5. The molecular formula is C18H12F2N2O5. The van der Waals surface area contributed by atoms with E-state index < -0.39 is 41.5 Å². The lowest BCUT2D eigenvalue weighted by atomic mass is 9.86. The van der Waals surface area contributed by atoms with Crippen LogP contribution in [0, 0.1) is 11.6 Å². The van der Waals surface area contributed by atoms with Crippen LogP contribution in [0.1, 0.15) is 16.7 Å². The van der Waals surface area contributed by atoms with Crippen molar-refractivity contribution in [3.63, 3.8) is 0 Å². The number of benzene rings is 2. The number of amides is 3. The van der Waals surface area contributed by atoms with Gasteiger partial charge < -0.3 is 15.2 Å². The number of fused-ring (bicyclic) bond motifs is 5. The van der Waals surface area contributed by atoms with Gasteiger partial charge in [0.15, 0.2) is 17.1 Å². The van der Waals surface area contributed by atoms with Gasteiger partial charge in [0.2, 0.25) is 0 Å². The van der Waals surface area contributed by atoms with Gasteiger partial charge in [-0.05, 0) is 29.3 Å². The van der Waals surface area contributed by atoms with E-state index in [1.165, 1.54) is 13.2 Å². The second kappa shape index (κ2) is 5.50. The molecule has 3 amide bonds. The van der Waals surface area contributed by atoms with Crippen LogP contribution in [-0.2, 0) is 21.5 Å². The van der Waals surface area contributed by atoms with Crippen LogP contribution in [0.3, 0.4) is 0 Å². The molecule has 0 bridgehead atoms. The molecule has 1 aliphatic heterocycles. The minimum Gasteiger partial charge on any atom is -0.493 e. The molecule has 1 aliphatic carbocycles. The van der Waals surface area contributed by atoms with Gasteiger partial charge in [-0.15, -0.1) is 0 Å². The fourth-order valence-corrected chi connectivity index (χ4v) is 3.85. The average Bonchev–Trinajstić information content (AvgIpc) is 3.03. The first-order valence-corrected chi connectivity index (χ1v) is 7.85. The summed E-state index contributed by atoms with van der Waals surface area (Å²) in [5, 5.41) is 13.8. The SMILES string of the molecule is COc1c(F)cc2c(c1CC(=O)O)-c1ccc(F)cc1C21NC(=O)NC1=O. The molecule has 2 aromatic carbocycles. The number of carbonyl (C=O) groups is 3. The third kappa shape index (κ3) is 2.14. The Labute approximate surface area is 150 Å². The summed E-state index contributed by atoms with van der Waals surface area (Å²) in [6.07, 6.45) is -0.592. The summed E-state index contributed by atoms with van der Waals surface area (Å²) in [6.45, 7) is 0. The highest BCUT2D eigenvalue weighted by Crippen LogP contribution is 2.52. The molecule has 0 aromatic heterocycles. The molecule has 1 fully saturated rings. The van der Waals surface area contributed by atoms with Gasteiger partial charge in [0.25, 0.3) is 5.91 Å². The van der Waals surface area contributed by atoms with Crippen LogP contribution >= 0.6 is 0 Å². The van der Waals surface area contributed by atoms with Crippen molar-refractivity contribution in [2.75, 3.05) is 7.11 Å². The summed E-state index contributed by atoms with van der Waals surface area (Å²) in [5.74, 6) is -3.89. The molecule has 0 radical (unpaired) electrons. The van der Waals surface area contributed by atoms with Crippen molar-refractivity contribution in [3.8, 4) is 16.9 Å². The van der Waals surface area contributed by atoms with Crippen molar-refractivity contribution in [1.82, 2.24) is 10.6 Å². The highest BCUT2D eigenvalue weighted by atomic mass is 19.1. The maximum atomic E-state index is 14.7. The maximum Gasteiger partial charge on any atom is 0.322 e. The topological polar surface area (TPSA) is 105 Å². The predicted octanol–water partition coefficient (Wildman–Crippen LogP) is 1.66. The van der Waals surface area contributed by atoms with E-state index in [2.05, 4.69) is 10.6 Å². The lowest BCUT2D eigenvalue weighted by Gasteiger charge is -2.24. The summed E-state index contributed by atoms with van der Waals surface area (Å²) < 4.78 is 33.7. The largest absolute Gasteiger partial charge is 0.493 e. The molecule has 2 aliphatic rings. The molecule has 27 heavy (non-hydrogen) atoms. The number of methoxy groups -OCH3 is 1. The molecule has 9 heteroatoms. The van der Waals surface area contributed by atoms with Crippen molar-refractivity contribution in [1.29, 1.82) is 0 Å². The molecule has 138 valence electrons. The second-order valence-corrected chi connectivity index (χ2v) is 6.21. The summed E-state index contributed by atoms with van der Waals surface area (Å²) in [7, 11) is 1.19. The van der Waals surface area contributed by atoms with E-state index in [-0.39, 0.29) is 28.0 Å². The summed E-state index contributed by atoms with van der Waals surface area (Å²) in [4.78, 5) is 35.9. The number of nitrogens with one attached hydrogen (secondary N) is 2. The fourth-order valence-electron chi connectivity index (χ4n) is 3.85. The number of ether oxygens (including phenoxy) is 1. The molecular weight excluding hydrogens is 362 g/mol. The van der Waals surface area contributed by atoms with Gasteiger partial charge >= 0.3 is 12.0 Å². The molecule has 2 aromatic rings. The lowest BCUT2D eigenvalue weighted by Crippen LogP contribution is -2.43. The number of hydrogen-bond donors (Lipinski definition) is 3. The van der Waals surface area contributed by atoms with E-state index in [9.17, 15) is 28.3 Å². The maximum absolute atomic E-state index is 14.7. The smallest absolute Gasteiger partial charge is 0.322 e. The van der Waals surface area contributed by atoms with E-state index in [4.69, 9.17) is 4.74 Å². The number of urea groups is 1. The van der Waals surface area contributed by atoms with Crippen molar-refractivity contribution >= 4 is 17.9 Å². The van der Waals surface area contributed by atoms with E-state index in [0.717, 1.165) is 18.2 Å². The van der Waals surface area contributed by atoms with Crippen molar-refractivity contribution in [2.24, 2.45) is 0 Å². The number of carbonyl (C=O) groups excluding carboxylic acids is 2. The molecule has 4 rings (SSSR count). The lowest BCUT2D eigenvalue weighted by molar-refractivity contribution is -0.136. The van der Waals surface area contributed by atoms with Crippen LogP contribution in [0.4, 0.5) is 13.6 Å². The fraction of sp³-hybridized carbons (Fsp3) is 0.167.